The van der Waals surface area contributed by atoms with Crippen molar-refractivity contribution in [2.45, 2.75) is 6.92 Å². The van der Waals surface area contributed by atoms with Gasteiger partial charge in [-0.05, 0) is 42.3 Å². The number of aromatic hydroxyl groups is 1. The highest BCUT2D eigenvalue weighted by atomic mass is 35.5. The Morgan fingerprint density at radius 1 is 1.40 bits per heavy atom. The second-order valence-corrected chi connectivity index (χ2v) is 5.45. The standard InChI is InChI=1S/C17H12ClN3O4/c1-10-13(18)3-2-4-14(10)20-17(23)12(9-19)7-11-5-6-16(22)15(8-11)21(24)25/h2-8,22H,1H3,(H,20,23). The Bertz CT molecular complexity index is 932. The van der Waals surface area contributed by atoms with Gasteiger partial charge in [-0.15, -0.1) is 0 Å². The normalized spacial score (nSPS) is 10.8. The molecule has 0 aliphatic heterocycles. The summed E-state index contributed by atoms with van der Waals surface area (Å²) >= 11 is 5.98. The second kappa shape index (κ2) is 7.47. The summed E-state index contributed by atoms with van der Waals surface area (Å²) in [4.78, 5) is 22.4. The average Bonchev–Trinajstić information content (AvgIpc) is 2.57. The number of hydrogen-bond donors (Lipinski definition) is 2. The first-order chi connectivity index (χ1) is 11.8. The van der Waals surface area contributed by atoms with Crippen molar-refractivity contribution in [3.63, 3.8) is 0 Å². The van der Waals surface area contributed by atoms with Crippen molar-refractivity contribution in [2.24, 2.45) is 0 Å². The highest BCUT2D eigenvalue weighted by molar-refractivity contribution is 6.31. The van der Waals surface area contributed by atoms with Crippen molar-refractivity contribution >= 4 is 35.0 Å². The molecule has 0 aliphatic carbocycles. The number of phenols is 1. The summed E-state index contributed by atoms with van der Waals surface area (Å²) in [5.74, 6) is -1.18. The molecule has 126 valence electrons. The zero-order valence-electron chi connectivity index (χ0n) is 13.0. The molecule has 0 aromatic heterocycles. The van der Waals surface area contributed by atoms with E-state index in [-0.39, 0.29) is 11.1 Å². The molecule has 25 heavy (non-hydrogen) atoms. The maximum atomic E-state index is 12.3. The van der Waals surface area contributed by atoms with Crippen LogP contribution in [0.1, 0.15) is 11.1 Å². The largest absolute Gasteiger partial charge is 0.502 e. The van der Waals surface area contributed by atoms with Crippen LogP contribution < -0.4 is 5.32 Å². The number of carbonyl (C=O) groups excluding carboxylic acids is 1. The molecule has 0 unspecified atom stereocenters. The molecule has 2 N–H and O–H groups in total. The molecule has 0 saturated carbocycles. The summed E-state index contributed by atoms with van der Waals surface area (Å²) in [6, 6.07) is 10.3. The fourth-order valence-corrected chi connectivity index (χ4v) is 2.20. The Morgan fingerprint density at radius 2 is 2.12 bits per heavy atom. The number of nitro benzene ring substituents is 1. The monoisotopic (exact) mass is 357 g/mol. The summed E-state index contributed by atoms with van der Waals surface area (Å²) in [5, 5.41) is 32.5. The van der Waals surface area contributed by atoms with Gasteiger partial charge in [0.2, 0.25) is 0 Å². The summed E-state index contributed by atoms with van der Waals surface area (Å²) in [7, 11) is 0. The number of phenolic OH excluding ortho intramolecular Hbond substituents is 1. The van der Waals surface area contributed by atoms with Gasteiger partial charge in [0.25, 0.3) is 5.91 Å². The number of nitrogens with zero attached hydrogens (tertiary/aromatic N) is 2. The number of rotatable bonds is 4. The SMILES string of the molecule is Cc1c(Cl)cccc1NC(=O)C(C#N)=Cc1ccc(O)c([N+](=O)[O-])c1. The number of nitriles is 1. The van der Waals surface area contributed by atoms with Gasteiger partial charge in [-0.1, -0.05) is 23.7 Å². The lowest BCUT2D eigenvalue weighted by atomic mass is 10.1. The molecule has 0 spiro atoms. The minimum atomic E-state index is -0.756. The molecule has 0 radical (unpaired) electrons. The quantitative estimate of drug-likeness (QED) is 0.373. The molecule has 1 amide bonds. The van der Waals surface area contributed by atoms with Crippen molar-refractivity contribution in [3.8, 4) is 11.8 Å². The summed E-state index contributed by atoms with van der Waals surface area (Å²) in [5.41, 5.74) is 0.570. The first-order valence-corrected chi connectivity index (χ1v) is 7.37. The van der Waals surface area contributed by atoms with Crippen molar-refractivity contribution < 1.29 is 14.8 Å². The predicted molar refractivity (Wildman–Crippen MR) is 93.2 cm³/mol. The van der Waals surface area contributed by atoms with Crippen LogP contribution in [-0.4, -0.2) is 15.9 Å². The van der Waals surface area contributed by atoms with E-state index in [9.17, 15) is 25.3 Å². The van der Waals surface area contributed by atoms with Crippen LogP contribution in [0.15, 0.2) is 42.0 Å². The van der Waals surface area contributed by atoms with E-state index in [1.807, 2.05) is 0 Å². The van der Waals surface area contributed by atoms with E-state index in [1.54, 1.807) is 31.2 Å². The highest BCUT2D eigenvalue weighted by Crippen LogP contribution is 2.27. The first kappa shape index (κ1) is 18.0. The van der Waals surface area contributed by atoms with Crippen molar-refractivity contribution in [2.75, 3.05) is 5.32 Å². The number of amides is 1. The van der Waals surface area contributed by atoms with E-state index >= 15 is 0 Å². The fraction of sp³-hybridized carbons (Fsp3) is 0.0588. The molecule has 0 bridgehead atoms. The lowest BCUT2D eigenvalue weighted by molar-refractivity contribution is -0.385. The molecule has 8 heteroatoms. The molecule has 0 fully saturated rings. The number of halogens is 1. The van der Waals surface area contributed by atoms with Crippen molar-refractivity contribution in [1.29, 1.82) is 5.26 Å². The van der Waals surface area contributed by atoms with Gasteiger partial charge in [-0.3, -0.25) is 14.9 Å². The Hall–Kier alpha value is -3.37. The third kappa shape index (κ3) is 4.13. The van der Waals surface area contributed by atoms with E-state index in [4.69, 9.17) is 11.6 Å². The van der Waals surface area contributed by atoms with Gasteiger partial charge in [-0.25, -0.2) is 0 Å². The second-order valence-electron chi connectivity index (χ2n) is 5.04. The summed E-state index contributed by atoms with van der Waals surface area (Å²) in [6.45, 7) is 1.72. The number of benzene rings is 2. The third-order valence-corrected chi connectivity index (χ3v) is 3.80. The lowest BCUT2D eigenvalue weighted by Gasteiger charge is -2.09. The van der Waals surface area contributed by atoms with Gasteiger partial charge in [0.15, 0.2) is 5.75 Å². The van der Waals surface area contributed by atoms with Crippen LogP contribution in [0.25, 0.3) is 6.08 Å². The van der Waals surface area contributed by atoms with Crippen molar-refractivity contribution in [3.05, 3.63) is 68.2 Å². The predicted octanol–water partition coefficient (Wildman–Crippen LogP) is 3.81. The highest BCUT2D eigenvalue weighted by Gasteiger charge is 2.15. The molecular formula is C17H12ClN3O4. The van der Waals surface area contributed by atoms with Crippen LogP contribution in [0.5, 0.6) is 5.75 Å². The maximum Gasteiger partial charge on any atom is 0.311 e. The molecule has 2 rings (SSSR count). The van der Waals surface area contributed by atoms with Gasteiger partial charge in [0, 0.05) is 16.8 Å². The lowest BCUT2D eigenvalue weighted by Crippen LogP contribution is -2.14. The molecule has 0 aliphatic rings. The van der Waals surface area contributed by atoms with E-state index in [1.165, 1.54) is 12.1 Å². The van der Waals surface area contributed by atoms with Crippen LogP contribution in [0.4, 0.5) is 11.4 Å². The summed E-state index contributed by atoms with van der Waals surface area (Å²) in [6.07, 6.45) is 1.20. The van der Waals surface area contributed by atoms with Crippen LogP contribution in [0.3, 0.4) is 0 Å². The number of nitrogens with one attached hydrogen (secondary N) is 1. The Morgan fingerprint density at radius 3 is 2.76 bits per heavy atom. The van der Waals surface area contributed by atoms with Crippen molar-refractivity contribution in [1.82, 2.24) is 0 Å². The number of hydrogen-bond acceptors (Lipinski definition) is 5. The van der Waals surface area contributed by atoms with Gasteiger partial charge in [0.05, 0.1) is 4.92 Å². The Balaban J connectivity index is 2.33. The molecular weight excluding hydrogens is 346 g/mol. The minimum Gasteiger partial charge on any atom is -0.502 e. The Labute approximate surface area is 147 Å². The van der Waals surface area contributed by atoms with E-state index in [0.717, 1.165) is 12.1 Å². The topological polar surface area (TPSA) is 116 Å². The zero-order chi connectivity index (χ0) is 18.6. The number of anilines is 1. The molecule has 0 heterocycles. The number of nitro groups is 1. The smallest absolute Gasteiger partial charge is 0.311 e. The maximum absolute atomic E-state index is 12.3. The van der Waals surface area contributed by atoms with E-state index < -0.39 is 22.3 Å². The molecule has 2 aromatic carbocycles. The molecule has 0 atom stereocenters. The van der Waals surface area contributed by atoms with Gasteiger partial charge in [0.1, 0.15) is 11.6 Å². The first-order valence-electron chi connectivity index (χ1n) is 6.99. The summed E-state index contributed by atoms with van der Waals surface area (Å²) < 4.78 is 0. The van der Waals surface area contributed by atoms with Crippen LogP contribution >= 0.6 is 11.6 Å². The van der Waals surface area contributed by atoms with E-state index in [2.05, 4.69) is 5.32 Å². The molecule has 2 aromatic rings. The van der Waals surface area contributed by atoms with E-state index in [0.29, 0.717) is 16.3 Å². The van der Waals surface area contributed by atoms with Gasteiger partial charge in [-0.2, -0.15) is 5.26 Å². The Kier molecular flexibility index (Phi) is 5.37. The fourth-order valence-electron chi connectivity index (χ4n) is 2.02. The van der Waals surface area contributed by atoms with Crippen LogP contribution in [0, 0.1) is 28.4 Å². The van der Waals surface area contributed by atoms with Crippen LogP contribution in [-0.2, 0) is 4.79 Å². The number of carbonyl (C=O) groups is 1. The molecule has 0 saturated heterocycles. The minimum absolute atomic E-state index is 0.235. The average molecular weight is 358 g/mol. The molecule has 7 nitrogen and oxygen atoms in total. The third-order valence-electron chi connectivity index (χ3n) is 3.39. The van der Waals surface area contributed by atoms with Gasteiger partial charge < -0.3 is 10.4 Å². The van der Waals surface area contributed by atoms with Crippen LogP contribution in [0.2, 0.25) is 5.02 Å². The van der Waals surface area contributed by atoms with Gasteiger partial charge >= 0.3 is 5.69 Å². The zero-order valence-corrected chi connectivity index (χ0v) is 13.7.